The van der Waals surface area contributed by atoms with Crippen LogP contribution in [0.4, 0.5) is 0 Å². The van der Waals surface area contributed by atoms with Crippen molar-refractivity contribution < 1.29 is 23.8 Å². The highest BCUT2D eigenvalue weighted by atomic mass is 16.5. The van der Waals surface area contributed by atoms with E-state index in [0.29, 0.717) is 36.7 Å². The molecule has 186 valence electrons. The topological polar surface area (TPSA) is 123 Å². The molecule has 0 saturated carbocycles. The highest BCUT2D eigenvalue weighted by molar-refractivity contribution is 5.94. The minimum Gasteiger partial charge on any atom is -0.475 e. The van der Waals surface area contributed by atoms with Gasteiger partial charge in [0.15, 0.2) is 0 Å². The third-order valence-corrected chi connectivity index (χ3v) is 6.19. The minimum atomic E-state index is -1.17. The molecule has 0 spiro atoms. The Labute approximate surface area is 203 Å². The smallest absolute Gasteiger partial charge is 0.373 e. The van der Waals surface area contributed by atoms with Crippen LogP contribution in [-0.2, 0) is 11.3 Å². The fourth-order valence-corrected chi connectivity index (χ4v) is 4.04. The number of oxazole rings is 1. The molecule has 4 rings (SSSR count). The number of amides is 1. The lowest BCUT2D eigenvalue weighted by Crippen LogP contribution is -2.39. The second-order valence-electron chi connectivity index (χ2n) is 8.49. The van der Waals surface area contributed by atoms with E-state index >= 15 is 0 Å². The van der Waals surface area contributed by atoms with Gasteiger partial charge in [0.1, 0.15) is 5.69 Å². The van der Waals surface area contributed by atoms with Gasteiger partial charge in [-0.3, -0.25) is 14.4 Å². The van der Waals surface area contributed by atoms with Crippen molar-refractivity contribution in [1.82, 2.24) is 25.0 Å². The zero-order valence-corrected chi connectivity index (χ0v) is 20.1. The Bertz CT molecular complexity index is 1160. The van der Waals surface area contributed by atoms with Gasteiger partial charge in [-0.1, -0.05) is 26.0 Å². The Hall–Kier alpha value is -3.50. The third-order valence-electron chi connectivity index (χ3n) is 6.19. The highest BCUT2D eigenvalue weighted by Crippen LogP contribution is 2.26. The first kappa shape index (κ1) is 24.6. The van der Waals surface area contributed by atoms with E-state index in [2.05, 4.69) is 29.0 Å². The maximum atomic E-state index is 13.2. The van der Waals surface area contributed by atoms with Crippen molar-refractivity contribution in [3.8, 4) is 22.7 Å². The predicted molar refractivity (Wildman–Crippen MR) is 129 cm³/mol. The van der Waals surface area contributed by atoms with E-state index < -0.39 is 5.97 Å². The number of carbonyl (C=O) groups is 2. The summed E-state index contributed by atoms with van der Waals surface area (Å²) in [6.45, 7) is 8.60. The van der Waals surface area contributed by atoms with E-state index in [1.54, 1.807) is 16.8 Å². The largest absolute Gasteiger partial charge is 0.475 e. The van der Waals surface area contributed by atoms with Crippen LogP contribution in [0.3, 0.4) is 0 Å². The molecule has 0 unspecified atom stereocenters. The Morgan fingerprint density at radius 1 is 1.11 bits per heavy atom. The van der Waals surface area contributed by atoms with E-state index in [1.165, 1.54) is 6.20 Å². The first-order valence-corrected chi connectivity index (χ1v) is 12.0. The van der Waals surface area contributed by atoms with Crippen LogP contribution in [0.15, 0.2) is 40.9 Å². The van der Waals surface area contributed by atoms with Crippen molar-refractivity contribution in [1.29, 1.82) is 0 Å². The maximum Gasteiger partial charge on any atom is 0.373 e. The summed E-state index contributed by atoms with van der Waals surface area (Å²) in [6.07, 6.45) is 2.89. The monoisotopic (exact) mass is 481 g/mol. The van der Waals surface area contributed by atoms with Gasteiger partial charge in [0.2, 0.25) is 11.7 Å². The Morgan fingerprint density at radius 3 is 2.54 bits per heavy atom. The number of rotatable bonds is 10. The van der Waals surface area contributed by atoms with E-state index in [4.69, 9.17) is 19.4 Å². The van der Waals surface area contributed by atoms with Crippen LogP contribution in [0, 0.1) is 0 Å². The van der Waals surface area contributed by atoms with Crippen LogP contribution >= 0.6 is 0 Å². The van der Waals surface area contributed by atoms with Gasteiger partial charge < -0.3 is 19.6 Å². The number of nitrogens with zero attached hydrogens (tertiary/aromatic N) is 4. The Balaban J connectivity index is 1.62. The zero-order valence-electron chi connectivity index (χ0n) is 20.1. The molecule has 1 aromatic carbocycles. The number of aromatic carboxylic acids is 1. The molecule has 10 heteroatoms. The number of carboxylic acids is 1. The van der Waals surface area contributed by atoms with Gasteiger partial charge >= 0.3 is 5.97 Å². The molecule has 1 amide bonds. The maximum absolute atomic E-state index is 13.2. The van der Waals surface area contributed by atoms with Gasteiger partial charge in [-0.15, -0.1) is 0 Å². The summed E-state index contributed by atoms with van der Waals surface area (Å²) in [7, 11) is 0. The third kappa shape index (κ3) is 5.95. The predicted octanol–water partition coefficient (Wildman–Crippen LogP) is 3.15. The molecule has 3 aromatic rings. The average molecular weight is 482 g/mol. The number of ether oxygens (including phenoxy) is 1. The number of carbonyl (C=O) groups excluding carboxylic acids is 1. The van der Waals surface area contributed by atoms with Crippen LogP contribution < -0.4 is 5.32 Å². The summed E-state index contributed by atoms with van der Waals surface area (Å²) < 4.78 is 12.5. The van der Waals surface area contributed by atoms with E-state index in [0.717, 1.165) is 38.0 Å². The second-order valence-corrected chi connectivity index (χ2v) is 8.49. The van der Waals surface area contributed by atoms with Gasteiger partial charge in [0.05, 0.1) is 31.6 Å². The quantitative estimate of drug-likeness (QED) is 0.453. The minimum absolute atomic E-state index is 0.102. The number of aromatic nitrogens is 3. The lowest BCUT2D eigenvalue weighted by atomic mass is 10.1. The number of hydrogen-bond donors (Lipinski definition) is 2. The van der Waals surface area contributed by atoms with Crippen LogP contribution in [0.1, 0.15) is 47.7 Å². The van der Waals surface area contributed by atoms with Crippen molar-refractivity contribution in [2.75, 3.05) is 32.8 Å². The van der Waals surface area contributed by atoms with Crippen molar-refractivity contribution >= 4 is 11.9 Å². The molecule has 35 heavy (non-hydrogen) atoms. The molecule has 1 saturated heterocycles. The lowest BCUT2D eigenvalue weighted by molar-refractivity contribution is 0.0358. The fourth-order valence-electron chi connectivity index (χ4n) is 4.04. The summed E-state index contributed by atoms with van der Waals surface area (Å²) in [4.78, 5) is 30.7. The molecular formula is C25H31N5O5. The van der Waals surface area contributed by atoms with E-state index in [9.17, 15) is 9.59 Å². The molecule has 3 heterocycles. The normalized spacial score (nSPS) is 14.4. The van der Waals surface area contributed by atoms with Crippen LogP contribution in [0.2, 0.25) is 0 Å². The SMILES string of the molecule is CCC(CC)NC(=O)c1cc(-c2cccc(-c3ncc(C(=O)O)o3)c2)nn1CCN1CCOCC1. The summed E-state index contributed by atoms with van der Waals surface area (Å²) >= 11 is 0. The fraction of sp³-hybridized carbons (Fsp3) is 0.440. The molecule has 1 fully saturated rings. The molecular weight excluding hydrogens is 450 g/mol. The molecule has 0 bridgehead atoms. The summed E-state index contributed by atoms with van der Waals surface area (Å²) in [5.74, 6) is -1.33. The number of hydrogen-bond acceptors (Lipinski definition) is 7. The molecule has 1 aliphatic rings. The summed E-state index contributed by atoms with van der Waals surface area (Å²) in [6, 6.07) is 9.24. The van der Waals surface area contributed by atoms with Crippen molar-refractivity contribution in [3.05, 3.63) is 48.0 Å². The number of carboxylic acid groups (broad SMARTS) is 1. The Kier molecular flexibility index (Phi) is 7.94. The van der Waals surface area contributed by atoms with Crippen molar-refractivity contribution in [2.45, 2.75) is 39.3 Å². The van der Waals surface area contributed by atoms with Gasteiger partial charge in [-0.25, -0.2) is 9.78 Å². The average Bonchev–Trinajstić information content (AvgIpc) is 3.55. The summed E-state index contributed by atoms with van der Waals surface area (Å²) in [5, 5.41) is 17.0. The highest BCUT2D eigenvalue weighted by Gasteiger charge is 2.20. The summed E-state index contributed by atoms with van der Waals surface area (Å²) in [5.41, 5.74) is 2.56. The van der Waals surface area contributed by atoms with Crippen LogP contribution in [0.5, 0.6) is 0 Å². The van der Waals surface area contributed by atoms with E-state index in [-0.39, 0.29) is 23.6 Å². The lowest BCUT2D eigenvalue weighted by Gasteiger charge is -2.26. The molecule has 0 atom stereocenters. The van der Waals surface area contributed by atoms with Gasteiger partial charge in [-0.2, -0.15) is 5.10 Å². The van der Waals surface area contributed by atoms with Crippen LogP contribution in [-0.4, -0.2) is 75.5 Å². The van der Waals surface area contributed by atoms with E-state index in [1.807, 2.05) is 18.2 Å². The Morgan fingerprint density at radius 2 is 1.86 bits per heavy atom. The van der Waals surface area contributed by atoms with Gasteiger partial charge in [0, 0.05) is 36.8 Å². The molecule has 0 aliphatic carbocycles. The first-order valence-electron chi connectivity index (χ1n) is 12.0. The zero-order chi connectivity index (χ0) is 24.8. The van der Waals surface area contributed by atoms with Crippen LogP contribution in [0.25, 0.3) is 22.7 Å². The number of nitrogens with one attached hydrogen (secondary N) is 1. The number of morpholine rings is 1. The molecule has 0 radical (unpaired) electrons. The standard InChI is InChI=1S/C25H31N5O5/c1-3-19(4-2)27-23(31)21-15-20(28-30(21)9-8-29-10-12-34-13-11-29)17-6-5-7-18(14-17)24-26-16-22(35-24)25(32)33/h5-7,14-16,19H,3-4,8-13H2,1-2H3,(H,27,31)(H,32,33). The first-order chi connectivity index (χ1) is 17.0. The second kappa shape index (κ2) is 11.3. The molecule has 2 aromatic heterocycles. The molecule has 10 nitrogen and oxygen atoms in total. The molecule has 1 aliphatic heterocycles. The van der Waals surface area contributed by atoms with Gasteiger partial charge in [-0.05, 0) is 31.0 Å². The number of benzene rings is 1. The van der Waals surface area contributed by atoms with Crippen molar-refractivity contribution in [2.24, 2.45) is 0 Å². The molecule has 2 N–H and O–H groups in total. The van der Waals surface area contributed by atoms with Crippen molar-refractivity contribution in [3.63, 3.8) is 0 Å². The van der Waals surface area contributed by atoms with Gasteiger partial charge in [0.25, 0.3) is 5.91 Å².